The van der Waals surface area contributed by atoms with Crippen LogP contribution in [0.5, 0.6) is 0 Å². The molecule has 0 bridgehead atoms. The molecular weight excluding hydrogens is 204 g/mol. The van der Waals surface area contributed by atoms with Crippen molar-refractivity contribution >= 4 is 17.3 Å². The summed E-state index contributed by atoms with van der Waals surface area (Å²) in [6.45, 7) is 2.13. The van der Waals surface area contributed by atoms with Gasteiger partial charge in [-0.15, -0.1) is 0 Å². The fourth-order valence-electron chi connectivity index (χ4n) is 2.37. The van der Waals surface area contributed by atoms with Crippen LogP contribution in [0.25, 0.3) is 0 Å². The molecule has 0 radical (unpaired) electrons. The molecule has 0 saturated heterocycles. The van der Waals surface area contributed by atoms with Gasteiger partial charge in [0.15, 0.2) is 0 Å². The van der Waals surface area contributed by atoms with Crippen LogP contribution >= 0.6 is 0 Å². The van der Waals surface area contributed by atoms with Crippen molar-refractivity contribution in [2.75, 3.05) is 23.4 Å². The fraction of sp³-hybridized carbons (Fsp3) is 0.417. The molecule has 16 heavy (non-hydrogen) atoms. The van der Waals surface area contributed by atoms with Crippen molar-refractivity contribution in [2.24, 2.45) is 0 Å². The second kappa shape index (κ2) is 4.04. The van der Waals surface area contributed by atoms with E-state index >= 15 is 0 Å². The molecule has 0 spiro atoms. The molecule has 1 unspecified atom stereocenters. The summed E-state index contributed by atoms with van der Waals surface area (Å²) in [5.74, 6) is -0.788. The van der Waals surface area contributed by atoms with E-state index in [0.29, 0.717) is 0 Å². The molecule has 1 N–H and O–H groups in total. The van der Waals surface area contributed by atoms with Crippen LogP contribution in [0, 0.1) is 0 Å². The second-order valence-electron chi connectivity index (χ2n) is 4.01. The lowest BCUT2D eigenvalue weighted by molar-refractivity contribution is -0.135. The van der Waals surface area contributed by atoms with E-state index in [2.05, 4.69) is 11.8 Å². The molecule has 0 amide bonds. The number of hydrogen-bond acceptors (Lipinski definition) is 3. The minimum Gasteiger partial charge on any atom is -0.480 e. The van der Waals surface area contributed by atoms with Crippen LogP contribution in [0.3, 0.4) is 0 Å². The first kappa shape index (κ1) is 10.8. The largest absolute Gasteiger partial charge is 0.480 e. The number of carboxylic acid groups (broad SMARTS) is 1. The molecule has 1 atom stereocenters. The van der Waals surface area contributed by atoms with E-state index in [4.69, 9.17) is 5.11 Å². The van der Waals surface area contributed by atoms with Gasteiger partial charge in [-0.2, -0.15) is 0 Å². The summed E-state index contributed by atoms with van der Waals surface area (Å²) in [6, 6.07) is 7.93. The highest BCUT2D eigenvalue weighted by molar-refractivity contribution is 5.82. The summed E-state index contributed by atoms with van der Waals surface area (Å²) < 4.78 is 0. The van der Waals surface area contributed by atoms with Crippen LogP contribution in [-0.2, 0) is 4.79 Å². The highest BCUT2D eigenvalue weighted by Crippen LogP contribution is 2.38. The number of anilines is 2. The molecule has 0 fully saturated rings. The van der Waals surface area contributed by atoms with E-state index in [1.807, 2.05) is 36.2 Å². The molecule has 1 aliphatic rings. The first-order valence-corrected chi connectivity index (χ1v) is 5.45. The van der Waals surface area contributed by atoms with Gasteiger partial charge in [0.2, 0.25) is 0 Å². The van der Waals surface area contributed by atoms with Crippen LogP contribution in [0.15, 0.2) is 24.3 Å². The topological polar surface area (TPSA) is 43.8 Å². The molecule has 0 aliphatic carbocycles. The first-order valence-electron chi connectivity index (χ1n) is 5.45. The minimum absolute atomic E-state index is 0.0554. The molecule has 0 aromatic heterocycles. The number of rotatable bonds is 3. The van der Waals surface area contributed by atoms with Crippen molar-refractivity contribution in [2.45, 2.75) is 19.5 Å². The molecule has 86 valence electrons. The average molecular weight is 220 g/mol. The fourth-order valence-corrected chi connectivity index (χ4v) is 2.37. The Balaban J connectivity index is 2.38. The van der Waals surface area contributed by atoms with Gasteiger partial charge in [-0.3, -0.25) is 4.79 Å². The number of para-hydroxylation sites is 2. The highest BCUT2D eigenvalue weighted by atomic mass is 16.4. The van der Waals surface area contributed by atoms with E-state index in [0.717, 1.165) is 17.8 Å². The third kappa shape index (κ3) is 1.60. The molecule has 0 saturated carbocycles. The number of aliphatic carboxylic acids is 1. The second-order valence-corrected chi connectivity index (χ2v) is 4.01. The third-order valence-electron chi connectivity index (χ3n) is 3.05. The van der Waals surface area contributed by atoms with E-state index in [-0.39, 0.29) is 12.7 Å². The normalized spacial score (nSPS) is 18.8. The lowest BCUT2D eigenvalue weighted by Gasteiger charge is -2.28. The standard InChI is InChI=1S/C12H16N2O2/c1-3-11-13(2)9-6-4-5-7-10(9)14(11)8-12(15)16/h4-7,11H,3,8H2,1-2H3,(H,15,16). The van der Waals surface area contributed by atoms with Crippen molar-refractivity contribution in [1.29, 1.82) is 0 Å². The zero-order chi connectivity index (χ0) is 11.7. The SMILES string of the molecule is CCC1N(C)c2ccccc2N1CC(=O)O. The van der Waals surface area contributed by atoms with E-state index < -0.39 is 5.97 Å². The van der Waals surface area contributed by atoms with E-state index in [1.165, 1.54) is 0 Å². The summed E-state index contributed by atoms with van der Waals surface area (Å²) >= 11 is 0. The van der Waals surface area contributed by atoms with Crippen molar-refractivity contribution < 1.29 is 9.90 Å². The maximum Gasteiger partial charge on any atom is 0.323 e. The van der Waals surface area contributed by atoms with Gasteiger partial charge in [0, 0.05) is 7.05 Å². The molecule has 2 rings (SSSR count). The first-order chi connectivity index (χ1) is 7.65. The average Bonchev–Trinajstić information content (AvgIpc) is 2.52. The minimum atomic E-state index is -0.788. The number of hydrogen-bond donors (Lipinski definition) is 1. The molecule has 1 aliphatic heterocycles. The Morgan fingerprint density at radius 1 is 1.38 bits per heavy atom. The Bertz CT molecular complexity index is 406. The highest BCUT2D eigenvalue weighted by Gasteiger charge is 2.32. The van der Waals surface area contributed by atoms with E-state index in [9.17, 15) is 4.79 Å². The van der Waals surface area contributed by atoms with Gasteiger partial charge in [0.25, 0.3) is 0 Å². The zero-order valence-corrected chi connectivity index (χ0v) is 9.55. The van der Waals surface area contributed by atoms with Gasteiger partial charge in [-0.25, -0.2) is 0 Å². The van der Waals surface area contributed by atoms with Crippen molar-refractivity contribution in [3.63, 3.8) is 0 Å². The smallest absolute Gasteiger partial charge is 0.323 e. The predicted octanol–water partition coefficient (Wildman–Crippen LogP) is 1.76. The quantitative estimate of drug-likeness (QED) is 0.843. The summed E-state index contributed by atoms with van der Waals surface area (Å²) in [5, 5.41) is 8.94. The maximum atomic E-state index is 10.9. The Kier molecular flexibility index (Phi) is 2.73. The molecule has 1 aromatic carbocycles. The Hall–Kier alpha value is -1.71. The number of carbonyl (C=O) groups is 1. The molecule has 1 aromatic rings. The Morgan fingerprint density at radius 3 is 2.56 bits per heavy atom. The monoisotopic (exact) mass is 220 g/mol. The lowest BCUT2D eigenvalue weighted by atomic mass is 10.2. The van der Waals surface area contributed by atoms with Crippen LogP contribution in [0.4, 0.5) is 11.4 Å². The molecule has 4 nitrogen and oxygen atoms in total. The van der Waals surface area contributed by atoms with Crippen LogP contribution in [0.1, 0.15) is 13.3 Å². The van der Waals surface area contributed by atoms with Crippen molar-refractivity contribution in [3.05, 3.63) is 24.3 Å². The maximum absolute atomic E-state index is 10.9. The Labute approximate surface area is 95.1 Å². The van der Waals surface area contributed by atoms with Gasteiger partial charge in [-0.1, -0.05) is 19.1 Å². The van der Waals surface area contributed by atoms with E-state index in [1.54, 1.807) is 0 Å². The number of nitrogens with zero attached hydrogens (tertiary/aromatic N) is 2. The van der Waals surface area contributed by atoms with Gasteiger partial charge in [0.05, 0.1) is 11.4 Å². The molecule has 1 heterocycles. The van der Waals surface area contributed by atoms with Crippen molar-refractivity contribution in [1.82, 2.24) is 0 Å². The molecule has 4 heteroatoms. The lowest BCUT2D eigenvalue weighted by Crippen LogP contribution is -2.43. The van der Waals surface area contributed by atoms with Crippen LogP contribution in [0.2, 0.25) is 0 Å². The van der Waals surface area contributed by atoms with Gasteiger partial charge in [0.1, 0.15) is 12.7 Å². The zero-order valence-electron chi connectivity index (χ0n) is 9.55. The van der Waals surface area contributed by atoms with Crippen LogP contribution in [-0.4, -0.2) is 30.8 Å². The summed E-state index contributed by atoms with van der Waals surface area (Å²) in [7, 11) is 2.01. The third-order valence-corrected chi connectivity index (χ3v) is 3.05. The number of benzene rings is 1. The summed E-state index contributed by atoms with van der Waals surface area (Å²) in [5.41, 5.74) is 2.12. The van der Waals surface area contributed by atoms with Crippen LogP contribution < -0.4 is 9.80 Å². The van der Waals surface area contributed by atoms with Gasteiger partial charge < -0.3 is 14.9 Å². The predicted molar refractivity (Wildman–Crippen MR) is 63.9 cm³/mol. The summed E-state index contributed by atoms with van der Waals surface area (Å²) in [4.78, 5) is 15.0. The Morgan fingerprint density at radius 2 is 2.00 bits per heavy atom. The van der Waals surface area contributed by atoms with Gasteiger partial charge >= 0.3 is 5.97 Å². The number of fused-ring (bicyclic) bond motifs is 1. The van der Waals surface area contributed by atoms with Crippen molar-refractivity contribution in [3.8, 4) is 0 Å². The van der Waals surface area contributed by atoms with Gasteiger partial charge in [-0.05, 0) is 18.6 Å². The summed E-state index contributed by atoms with van der Waals surface area (Å²) in [6.07, 6.45) is 1.05. The number of carboxylic acids is 1. The molecular formula is C12H16N2O2.